The molecule has 1 aliphatic carbocycles. The minimum atomic E-state index is 0.245. The molecular formula is C27H35N5O. The summed E-state index contributed by atoms with van der Waals surface area (Å²) in [4.78, 5) is 19.6. The average molecular weight is 446 g/mol. The Morgan fingerprint density at radius 1 is 1.03 bits per heavy atom. The Morgan fingerprint density at radius 3 is 2.61 bits per heavy atom. The number of carbonyl (C=O) groups excluding carboxylic acids is 1. The summed E-state index contributed by atoms with van der Waals surface area (Å²) in [6.07, 6.45) is 12.6. The Bertz CT molecular complexity index is 1050. The maximum atomic E-state index is 13.0. The van der Waals surface area contributed by atoms with Gasteiger partial charge in [-0.15, -0.1) is 0 Å². The predicted octanol–water partition coefficient (Wildman–Crippen LogP) is 5.12. The molecule has 174 valence electrons. The molecule has 6 heteroatoms. The second kappa shape index (κ2) is 10.4. The van der Waals surface area contributed by atoms with Gasteiger partial charge in [0.15, 0.2) is 0 Å². The number of carbonyl (C=O) groups is 1. The lowest BCUT2D eigenvalue weighted by molar-refractivity contribution is -0.132. The van der Waals surface area contributed by atoms with Gasteiger partial charge in [-0.25, -0.2) is 4.98 Å². The number of fused-ring (bicyclic) bond motifs is 1. The van der Waals surface area contributed by atoms with Gasteiger partial charge in [-0.1, -0.05) is 49.6 Å². The molecule has 1 saturated heterocycles. The molecule has 3 aromatic rings. The third-order valence-corrected chi connectivity index (χ3v) is 7.41. The average Bonchev–Trinajstić information content (AvgIpc) is 3.28. The van der Waals surface area contributed by atoms with E-state index in [0.717, 1.165) is 54.8 Å². The van der Waals surface area contributed by atoms with Crippen molar-refractivity contribution in [2.75, 3.05) is 18.4 Å². The minimum Gasteiger partial charge on any atom is -0.367 e. The van der Waals surface area contributed by atoms with E-state index in [1.807, 2.05) is 12.3 Å². The fraction of sp³-hybridized carbons (Fsp3) is 0.519. The molecule has 0 radical (unpaired) electrons. The van der Waals surface area contributed by atoms with Crippen molar-refractivity contribution in [1.29, 1.82) is 0 Å². The lowest BCUT2D eigenvalue weighted by atomic mass is 9.90. The number of anilines is 1. The zero-order valence-electron chi connectivity index (χ0n) is 19.4. The van der Waals surface area contributed by atoms with Crippen molar-refractivity contribution in [2.24, 2.45) is 5.92 Å². The van der Waals surface area contributed by atoms with Crippen LogP contribution in [-0.2, 0) is 17.6 Å². The summed E-state index contributed by atoms with van der Waals surface area (Å²) in [6, 6.07) is 13.2. The molecule has 2 aromatic heterocycles. The number of piperidine rings is 1. The fourth-order valence-corrected chi connectivity index (χ4v) is 5.48. The van der Waals surface area contributed by atoms with Crippen molar-refractivity contribution in [2.45, 2.75) is 70.3 Å². The number of nitrogens with zero attached hydrogens (tertiary/aromatic N) is 3. The Hall–Kier alpha value is -2.89. The van der Waals surface area contributed by atoms with Crippen LogP contribution in [0.25, 0.3) is 10.9 Å². The van der Waals surface area contributed by atoms with E-state index in [1.165, 1.54) is 37.7 Å². The van der Waals surface area contributed by atoms with Gasteiger partial charge in [0.1, 0.15) is 5.82 Å². The van der Waals surface area contributed by atoms with E-state index in [0.29, 0.717) is 24.8 Å². The number of aromatic amines is 1. The number of hydrogen-bond donors (Lipinski definition) is 2. The van der Waals surface area contributed by atoms with Crippen LogP contribution in [0.15, 0.2) is 42.6 Å². The largest absolute Gasteiger partial charge is 0.367 e. The normalized spacial score (nSPS) is 18.0. The summed E-state index contributed by atoms with van der Waals surface area (Å²) in [6.45, 7) is 1.74. The summed E-state index contributed by atoms with van der Waals surface area (Å²) in [5.41, 5.74) is 3.34. The Kier molecular flexibility index (Phi) is 6.89. The number of amides is 1. The predicted molar refractivity (Wildman–Crippen MR) is 132 cm³/mol. The van der Waals surface area contributed by atoms with Crippen LogP contribution in [0.1, 0.15) is 62.6 Å². The number of benzene rings is 1. The Labute approximate surface area is 196 Å². The van der Waals surface area contributed by atoms with Crippen LogP contribution in [-0.4, -0.2) is 45.1 Å². The van der Waals surface area contributed by atoms with Crippen LogP contribution in [0.3, 0.4) is 0 Å². The van der Waals surface area contributed by atoms with Gasteiger partial charge < -0.3 is 10.2 Å². The lowest BCUT2D eigenvalue weighted by Gasteiger charge is -2.32. The number of aryl methyl sites for hydroxylation is 1. The third-order valence-electron chi connectivity index (χ3n) is 7.41. The van der Waals surface area contributed by atoms with Crippen LogP contribution in [0.4, 0.5) is 5.82 Å². The van der Waals surface area contributed by atoms with Crippen LogP contribution in [0.5, 0.6) is 0 Å². The first-order valence-corrected chi connectivity index (χ1v) is 12.7. The first kappa shape index (κ1) is 21.9. The molecule has 1 saturated carbocycles. The van der Waals surface area contributed by atoms with Crippen LogP contribution >= 0.6 is 0 Å². The van der Waals surface area contributed by atoms with E-state index >= 15 is 0 Å². The molecular weight excluding hydrogens is 410 g/mol. The molecule has 0 spiro atoms. The molecule has 33 heavy (non-hydrogen) atoms. The summed E-state index contributed by atoms with van der Waals surface area (Å²) in [5.74, 6) is 1.83. The molecule has 2 fully saturated rings. The Balaban J connectivity index is 1.16. The van der Waals surface area contributed by atoms with Crippen molar-refractivity contribution in [3.63, 3.8) is 0 Å². The lowest BCUT2D eigenvalue weighted by Crippen LogP contribution is -2.39. The molecule has 1 aromatic carbocycles. The molecule has 2 N–H and O–H groups in total. The minimum absolute atomic E-state index is 0.245. The number of rotatable bonds is 7. The fourth-order valence-electron chi connectivity index (χ4n) is 5.48. The van der Waals surface area contributed by atoms with Crippen molar-refractivity contribution in [1.82, 2.24) is 20.1 Å². The smallest absolute Gasteiger partial charge is 0.222 e. The van der Waals surface area contributed by atoms with Gasteiger partial charge in [-0.3, -0.25) is 9.89 Å². The molecule has 3 heterocycles. The molecule has 0 bridgehead atoms. The standard InChI is InChI=1S/C27H35N5O/c33-25(32-17-14-21(15-18-32)19-20-7-3-1-4-8-20)12-11-23-26-24(31-30-23)13-16-28-27(26)29-22-9-5-2-6-10-22/h1,3-4,7-8,13,16,21-22H,2,5-6,9-12,14-15,17-19H2,(H,28,29)(H,30,31). The number of pyridine rings is 1. The van der Waals surface area contributed by atoms with Gasteiger partial charge in [0.05, 0.1) is 16.6 Å². The molecule has 1 aliphatic heterocycles. The molecule has 6 nitrogen and oxygen atoms in total. The zero-order chi connectivity index (χ0) is 22.5. The highest BCUT2D eigenvalue weighted by molar-refractivity contribution is 5.92. The molecule has 1 amide bonds. The van der Waals surface area contributed by atoms with E-state index < -0.39 is 0 Å². The summed E-state index contributed by atoms with van der Waals surface area (Å²) >= 11 is 0. The van der Waals surface area contributed by atoms with Crippen molar-refractivity contribution < 1.29 is 4.79 Å². The van der Waals surface area contributed by atoms with Gasteiger partial charge in [-0.2, -0.15) is 5.10 Å². The number of aromatic nitrogens is 3. The van der Waals surface area contributed by atoms with E-state index in [4.69, 9.17) is 0 Å². The van der Waals surface area contributed by atoms with Crippen LogP contribution < -0.4 is 5.32 Å². The first-order chi connectivity index (χ1) is 16.3. The highest BCUT2D eigenvalue weighted by atomic mass is 16.2. The van der Waals surface area contributed by atoms with Gasteiger partial charge in [0, 0.05) is 38.2 Å². The molecule has 0 unspecified atom stereocenters. The van der Waals surface area contributed by atoms with Gasteiger partial charge in [0.2, 0.25) is 5.91 Å². The maximum Gasteiger partial charge on any atom is 0.222 e. The summed E-state index contributed by atoms with van der Waals surface area (Å²) < 4.78 is 0. The number of nitrogens with one attached hydrogen (secondary N) is 2. The van der Waals surface area contributed by atoms with Gasteiger partial charge >= 0.3 is 0 Å². The van der Waals surface area contributed by atoms with Crippen LogP contribution in [0, 0.1) is 5.92 Å². The zero-order valence-corrected chi connectivity index (χ0v) is 19.4. The first-order valence-electron chi connectivity index (χ1n) is 12.7. The highest BCUT2D eigenvalue weighted by Crippen LogP contribution is 2.28. The van der Waals surface area contributed by atoms with Crippen molar-refractivity contribution in [3.8, 4) is 0 Å². The van der Waals surface area contributed by atoms with Crippen LogP contribution in [0.2, 0.25) is 0 Å². The topological polar surface area (TPSA) is 73.9 Å². The van der Waals surface area contributed by atoms with Crippen molar-refractivity contribution >= 4 is 22.6 Å². The third kappa shape index (κ3) is 5.37. The molecule has 2 aliphatic rings. The number of likely N-dealkylation sites (tertiary alicyclic amines) is 1. The number of H-pyrrole nitrogens is 1. The summed E-state index contributed by atoms with van der Waals surface area (Å²) in [5, 5.41) is 12.4. The van der Waals surface area contributed by atoms with Gasteiger partial charge in [0.25, 0.3) is 0 Å². The van der Waals surface area contributed by atoms with E-state index in [9.17, 15) is 4.79 Å². The van der Waals surface area contributed by atoms with Gasteiger partial charge in [-0.05, 0) is 49.7 Å². The van der Waals surface area contributed by atoms with E-state index in [1.54, 1.807) is 0 Å². The quantitative estimate of drug-likeness (QED) is 0.530. The molecule has 5 rings (SSSR count). The maximum absolute atomic E-state index is 13.0. The second-order valence-electron chi connectivity index (χ2n) is 9.75. The monoisotopic (exact) mass is 445 g/mol. The SMILES string of the molecule is O=C(CCc1n[nH]c2ccnc(NC3CCCCC3)c12)N1CCC(Cc2ccccc2)CC1. The molecule has 0 atom stereocenters. The van der Waals surface area contributed by atoms with E-state index in [-0.39, 0.29) is 5.91 Å². The van der Waals surface area contributed by atoms with E-state index in [2.05, 4.69) is 55.7 Å². The summed E-state index contributed by atoms with van der Waals surface area (Å²) in [7, 11) is 0. The number of hydrogen-bond acceptors (Lipinski definition) is 4. The highest BCUT2D eigenvalue weighted by Gasteiger charge is 2.24. The Morgan fingerprint density at radius 2 is 1.82 bits per heavy atom. The van der Waals surface area contributed by atoms with Crippen molar-refractivity contribution in [3.05, 3.63) is 53.9 Å². The second-order valence-corrected chi connectivity index (χ2v) is 9.75.